The van der Waals surface area contributed by atoms with Crippen LogP contribution in [-0.2, 0) is 21.2 Å². The predicted molar refractivity (Wildman–Crippen MR) is 117 cm³/mol. The van der Waals surface area contributed by atoms with Gasteiger partial charge in [-0.2, -0.15) is 4.31 Å². The molecule has 6 nitrogen and oxygen atoms in total. The largest absolute Gasteiger partial charge is 0.341 e. The molecule has 2 aliphatic heterocycles. The zero-order valence-corrected chi connectivity index (χ0v) is 18.4. The Balaban J connectivity index is 1.33. The molecule has 0 spiro atoms. The van der Waals surface area contributed by atoms with Gasteiger partial charge >= 0.3 is 0 Å². The van der Waals surface area contributed by atoms with Gasteiger partial charge in [0.2, 0.25) is 15.9 Å². The molecule has 2 heterocycles. The van der Waals surface area contributed by atoms with Gasteiger partial charge in [0.15, 0.2) is 0 Å². The molecule has 2 aromatic rings. The first-order chi connectivity index (χ1) is 14.5. The average Bonchev–Trinajstić information content (AvgIpc) is 3.13. The summed E-state index contributed by atoms with van der Waals surface area (Å²) >= 11 is 6.10. The van der Waals surface area contributed by atoms with E-state index in [4.69, 9.17) is 11.6 Å². The number of carbonyl (C=O) groups excluding carboxylic acids is 1. The highest BCUT2D eigenvalue weighted by Crippen LogP contribution is 2.26. The molecule has 0 N–H and O–H groups in total. The molecule has 2 fully saturated rings. The lowest BCUT2D eigenvalue weighted by molar-refractivity contribution is -0.132. The maximum atomic E-state index is 12.9. The van der Waals surface area contributed by atoms with E-state index in [-0.39, 0.29) is 21.9 Å². The molecule has 1 amide bonds. The van der Waals surface area contributed by atoms with Crippen LogP contribution in [0, 0.1) is 0 Å². The van der Waals surface area contributed by atoms with Gasteiger partial charge < -0.3 is 4.90 Å². The first-order valence-corrected chi connectivity index (χ1v) is 12.1. The van der Waals surface area contributed by atoms with Gasteiger partial charge in [-0.05, 0) is 30.5 Å². The molecule has 1 atom stereocenters. The van der Waals surface area contributed by atoms with Crippen molar-refractivity contribution >= 4 is 27.5 Å². The van der Waals surface area contributed by atoms with Crippen LogP contribution < -0.4 is 0 Å². The molecule has 160 valence electrons. The van der Waals surface area contributed by atoms with Crippen molar-refractivity contribution in [3.05, 3.63) is 65.2 Å². The Morgan fingerprint density at radius 2 is 1.57 bits per heavy atom. The monoisotopic (exact) mass is 447 g/mol. The van der Waals surface area contributed by atoms with E-state index in [2.05, 4.69) is 17.0 Å². The Bertz CT molecular complexity index is 992. The molecule has 0 saturated carbocycles. The molecule has 1 unspecified atom stereocenters. The minimum atomic E-state index is -3.62. The SMILES string of the molecule is O=C1C(N2CCN(S(=O)(=O)c3ccccc3Cl)CC2)CCN1CCc1ccccc1. The second-order valence-corrected chi connectivity index (χ2v) is 10.0. The quantitative estimate of drug-likeness (QED) is 0.682. The van der Waals surface area contributed by atoms with Crippen molar-refractivity contribution in [3.63, 3.8) is 0 Å². The van der Waals surface area contributed by atoms with E-state index < -0.39 is 10.0 Å². The van der Waals surface area contributed by atoms with E-state index in [1.54, 1.807) is 18.2 Å². The normalized spacial score (nSPS) is 21.3. The van der Waals surface area contributed by atoms with E-state index in [1.165, 1.54) is 15.9 Å². The summed E-state index contributed by atoms with van der Waals surface area (Å²) in [6.07, 6.45) is 1.65. The first kappa shape index (κ1) is 21.3. The number of benzene rings is 2. The predicted octanol–water partition coefficient (Wildman–Crippen LogP) is 2.49. The van der Waals surface area contributed by atoms with Crippen LogP contribution in [0.25, 0.3) is 0 Å². The molecule has 8 heteroatoms. The number of halogens is 1. The van der Waals surface area contributed by atoms with Crippen LogP contribution in [0.2, 0.25) is 5.02 Å². The van der Waals surface area contributed by atoms with Gasteiger partial charge in [0.05, 0.1) is 11.1 Å². The number of sulfonamides is 1. The average molecular weight is 448 g/mol. The maximum absolute atomic E-state index is 12.9. The van der Waals surface area contributed by atoms with Crippen LogP contribution in [-0.4, -0.2) is 73.7 Å². The molecule has 0 aromatic heterocycles. The zero-order chi connectivity index (χ0) is 21.1. The molecule has 2 saturated heterocycles. The lowest BCUT2D eigenvalue weighted by Crippen LogP contribution is -2.53. The number of hydrogen-bond donors (Lipinski definition) is 0. The highest BCUT2D eigenvalue weighted by molar-refractivity contribution is 7.89. The Morgan fingerprint density at radius 1 is 0.900 bits per heavy atom. The van der Waals surface area contributed by atoms with Gasteiger partial charge in [0.25, 0.3) is 0 Å². The summed E-state index contributed by atoms with van der Waals surface area (Å²) in [4.78, 5) is 17.1. The summed E-state index contributed by atoms with van der Waals surface area (Å²) in [5, 5.41) is 0.236. The second kappa shape index (κ2) is 9.06. The molecule has 0 aliphatic carbocycles. The molecule has 4 rings (SSSR count). The maximum Gasteiger partial charge on any atom is 0.244 e. The highest BCUT2D eigenvalue weighted by Gasteiger charge is 2.38. The number of piperazine rings is 1. The van der Waals surface area contributed by atoms with Crippen LogP contribution in [0.15, 0.2) is 59.5 Å². The molecule has 2 aliphatic rings. The van der Waals surface area contributed by atoms with Crippen molar-refractivity contribution in [2.45, 2.75) is 23.8 Å². The fourth-order valence-electron chi connectivity index (χ4n) is 4.24. The number of amides is 1. The van der Waals surface area contributed by atoms with Crippen molar-refractivity contribution in [3.8, 4) is 0 Å². The fraction of sp³-hybridized carbons (Fsp3) is 0.409. The van der Waals surface area contributed by atoms with Gasteiger partial charge in [0, 0.05) is 39.3 Å². The molecule has 30 heavy (non-hydrogen) atoms. The first-order valence-electron chi connectivity index (χ1n) is 10.3. The Labute approximate surface area is 183 Å². The van der Waals surface area contributed by atoms with Crippen LogP contribution in [0.1, 0.15) is 12.0 Å². The summed E-state index contributed by atoms with van der Waals surface area (Å²) in [6.45, 7) is 3.30. The summed E-state index contributed by atoms with van der Waals surface area (Å²) in [5.74, 6) is 0.161. The Hall–Kier alpha value is -1.93. The van der Waals surface area contributed by atoms with E-state index in [0.29, 0.717) is 26.2 Å². The van der Waals surface area contributed by atoms with Gasteiger partial charge in [0.1, 0.15) is 4.90 Å². The molecule has 0 bridgehead atoms. The fourth-order valence-corrected chi connectivity index (χ4v) is 6.16. The molecular formula is C22H26ClN3O3S. The van der Waals surface area contributed by atoms with Gasteiger partial charge in [-0.3, -0.25) is 9.69 Å². The number of nitrogens with zero attached hydrogens (tertiary/aromatic N) is 3. The third-order valence-electron chi connectivity index (χ3n) is 5.95. The third-order valence-corrected chi connectivity index (χ3v) is 8.35. The van der Waals surface area contributed by atoms with Crippen LogP contribution in [0.4, 0.5) is 0 Å². The summed E-state index contributed by atoms with van der Waals surface area (Å²) < 4.78 is 27.3. The van der Waals surface area contributed by atoms with Crippen molar-refractivity contribution in [1.82, 2.24) is 14.1 Å². The van der Waals surface area contributed by atoms with Gasteiger partial charge in [-0.1, -0.05) is 54.1 Å². The Kier molecular flexibility index (Phi) is 6.43. The molecule has 0 radical (unpaired) electrons. The van der Waals surface area contributed by atoms with E-state index in [1.807, 2.05) is 23.1 Å². The molecular weight excluding hydrogens is 422 g/mol. The Morgan fingerprint density at radius 3 is 2.27 bits per heavy atom. The van der Waals surface area contributed by atoms with Gasteiger partial charge in [-0.25, -0.2) is 8.42 Å². The minimum Gasteiger partial charge on any atom is -0.341 e. The second-order valence-electron chi connectivity index (χ2n) is 7.74. The van der Waals surface area contributed by atoms with Crippen molar-refractivity contribution < 1.29 is 13.2 Å². The minimum absolute atomic E-state index is 0.143. The zero-order valence-electron chi connectivity index (χ0n) is 16.8. The highest BCUT2D eigenvalue weighted by atomic mass is 35.5. The number of likely N-dealkylation sites (tertiary alicyclic amines) is 1. The summed E-state index contributed by atoms with van der Waals surface area (Å²) in [7, 11) is -3.62. The lowest BCUT2D eigenvalue weighted by atomic mass is 10.1. The third kappa shape index (κ3) is 4.39. The van der Waals surface area contributed by atoms with Crippen molar-refractivity contribution in [2.24, 2.45) is 0 Å². The topological polar surface area (TPSA) is 60.9 Å². The number of hydrogen-bond acceptors (Lipinski definition) is 4. The summed E-state index contributed by atoms with van der Waals surface area (Å²) in [5.41, 5.74) is 1.23. The molecule has 2 aromatic carbocycles. The van der Waals surface area contributed by atoms with Crippen molar-refractivity contribution in [1.29, 1.82) is 0 Å². The van der Waals surface area contributed by atoms with E-state index in [9.17, 15) is 13.2 Å². The smallest absolute Gasteiger partial charge is 0.244 e. The number of rotatable bonds is 6. The van der Waals surface area contributed by atoms with Crippen LogP contribution >= 0.6 is 11.6 Å². The van der Waals surface area contributed by atoms with Crippen molar-refractivity contribution in [2.75, 3.05) is 39.3 Å². The van der Waals surface area contributed by atoms with E-state index >= 15 is 0 Å². The number of carbonyl (C=O) groups is 1. The lowest BCUT2D eigenvalue weighted by Gasteiger charge is -2.36. The summed E-state index contributed by atoms with van der Waals surface area (Å²) in [6, 6.07) is 16.6. The standard InChI is InChI=1S/C22H26ClN3O3S/c23-19-8-4-5-9-21(19)30(28,29)26-16-14-24(15-17-26)20-11-13-25(22(20)27)12-10-18-6-2-1-3-7-18/h1-9,20H,10-17H2. The van der Waals surface area contributed by atoms with Crippen LogP contribution in [0.5, 0.6) is 0 Å². The van der Waals surface area contributed by atoms with E-state index in [0.717, 1.165) is 25.9 Å². The van der Waals surface area contributed by atoms with Gasteiger partial charge in [-0.15, -0.1) is 0 Å². The van der Waals surface area contributed by atoms with Crippen LogP contribution in [0.3, 0.4) is 0 Å².